The van der Waals surface area contributed by atoms with Crippen LogP contribution in [0.25, 0.3) is 11.0 Å². The van der Waals surface area contributed by atoms with Crippen LogP contribution in [0.2, 0.25) is 5.02 Å². The number of amides is 2. The van der Waals surface area contributed by atoms with Gasteiger partial charge in [0.05, 0.1) is 5.02 Å². The molecule has 1 aliphatic rings. The van der Waals surface area contributed by atoms with Crippen molar-refractivity contribution in [3.8, 4) is 5.75 Å². The monoisotopic (exact) mass is 514 g/mol. The Morgan fingerprint density at radius 3 is 2.53 bits per heavy atom. The van der Waals surface area contributed by atoms with Gasteiger partial charge < -0.3 is 29.8 Å². The number of hydrogen-bond donors (Lipinski definition) is 3. The Morgan fingerprint density at radius 1 is 1.14 bits per heavy atom. The van der Waals surface area contributed by atoms with Crippen LogP contribution < -0.4 is 15.4 Å². The van der Waals surface area contributed by atoms with Crippen molar-refractivity contribution in [1.29, 1.82) is 0 Å². The zero-order valence-corrected chi connectivity index (χ0v) is 20.7. The summed E-state index contributed by atoms with van der Waals surface area (Å²) in [4.78, 5) is 43.4. The maximum absolute atomic E-state index is 13.2. The molecule has 3 aromatic rings. The number of halogens is 1. The second kappa shape index (κ2) is 11.0. The number of nitrogens with zero attached hydrogens (tertiary/aromatic N) is 2. The summed E-state index contributed by atoms with van der Waals surface area (Å²) in [7, 11) is 4.08. The van der Waals surface area contributed by atoms with Crippen molar-refractivity contribution >= 4 is 51.9 Å². The molecule has 3 N–H and O–H groups in total. The number of pyridine rings is 1. The van der Waals surface area contributed by atoms with Gasteiger partial charge in [0, 0.05) is 29.6 Å². The van der Waals surface area contributed by atoms with Crippen molar-refractivity contribution in [3.05, 3.63) is 47.3 Å². The number of ether oxygens (including phenoxy) is 1. The Labute approximate surface area is 212 Å². The van der Waals surface area contributed by atoms with E-state index >= 15 is 0 Å². The van der Waals surface area contributed by atoms with Crippen LogP contribution in [-0.4, -0.2) is 59.5 Å². The van der Waals surface area contributed by atoms with Gasteiger partial charge in [-0.15, -0.1) is 0 Å². The number of aromatic nitrogens is 1. The molecule has 0 saturated heterocycles. The third-order valence-electron chi connectivity index (χ3n) is 6.25. The average molecular weight is 515 g/mol. The molecule has 0 radical (unpaired) electrons. The first-order chi connectivity index (χ1) is 17.2. The molecule has 0 aliphatic heterocycles. The van der Waals surface area contributed by atoms with Crippen molar-refractivity contribution in [3.63, 3.8) is 0 Å². The van der Waals surface area contributed by atoms with Crippen LogP contribution in [0.15, 0.2) is 40.9 Å². The van der Waals surface area contributed by atoms with Gasteiger partial charge in [0.25, 0.3) is 5.91 Å². The van der Waals surface area contributed by atoms with Crippen LogP contribution in [0.4, 0.5) is 11.5 Å². The minimum atomic E-state index is -1.12. The van der Waals surface area contributed by atoms with Crippen molar-refractivity contribution < 1.29 is 28.6 Å². The minimum absolute atomic E-state index is 0.104. The number of nitrogens with one attached hydrogen (secondary N) is 2. The van der Waals surface area contributed by atoms with Gasteiger partial charge in [0.2, 0.25) is 11.7 Å². The molecular weight excluding hydrogens is 488 g/mol. The molecule has 2 heterocycles. The fourth-order valence-electron chi connectivity index (χ4n) is 4.30. The number of aliphatic carboxylic acids is 1. The summed E-state index contributed by atoms with van der Waals surface area (Å²) >= 11 is 5.87. The van der Waals surface area contributed by atoms with E-state index in [4.69, 9.17) is 25.9 Å². The smallest absolute Gasteiger partial charge is 0.341 e. The lowest BCUT2D eigenvalue weighted by atomic mass is 9.85. The number of hydrogen-bond acceptors (Lipinski definition) is 7. The highest BCUT2D eigenvalue weighted by molar-refractivity contribution is 6.30. The van der Waals surface area contributed by atoms with Crippen LogP contribution in [0, 0.1) is 5.92 Å². The van der Waals surface area contributed by atoms with Gasteiger partial charge in [-0.25, -0.2) is 9.78 Å². The number of rotatable bonds is 8. The molecule has 190 valence electrons. The Kier molecular flexibility index (Phi) is 7.76. The summed E-state index contributed by atoms with van der Waals surface area (Å²) in [5.41, 5.74) is 0.500. The molecule has 1 aromatic carbocycles. The van der Waals surface area contributed by atoms with Crippen molar-refractivity contribution in [1.82, 2.24) is 9.88 Å². The highest BCUT2D eigenvalue weighted by Gasteiger charge is 2.30. The van der Waals surface area contributed by atoms with E-state index in [9.17, 15) is 14.4 Å². The summed E-state index contributed by atoms with van der Waals surface area (Å²) in [6, 6.07) is 8.23. The molecule has 0 spiro atoms. The van der Waals surface area contributed by atoms with Gasteiger partial charge in [-0.1, -0.05) is 11.6 Å². The lowest BCUT2D eigenvalue weighted by molar-refractivity contribution is -0.139. The fraction of sp³-hybridized carbons (Fsp3) is 0.360. The number of anilines is 2. The van der Waals surface area contributed by atoms with Gasteiger partial charge in [-0.3, -0.25) is 9.59 Å². The van der Waals surface area contributed by atoms with Gasteiger partial charge in [0.1, 0.15) is 22.8 Å². The predicted octanol–water partition coefficient (Wildman–Crippen LogP) is 4.26. The number of carbonyl (C=O) groups is 3. The standard InChI is InChI=1S/C25H27ClN4O6/c1-30(2)16-6-3-14(4-7-16)24(33)29-22-18-9-8-17(35-13-21(31)32)11-19(18)36-23(22)25(34)28-20-10-5-15(26)12-27-20/h5,8-12,14,16H,3-4,6-7,13H2,1-2H3,(H,29,33)(H,31,32)(H,27,28,34). The second-order valence-corrected chi connectivity index (χ2v) is 9.36. The lowest BCUT2D eigenvalue weighted by Crippen LogP contribution is -2.35. The summed E-state index contributed by atoms with van der Waals surface area (Å²) in [5, 5.41) is 15.3. The van der Waals surface area contributed by atoms with Gasteiger partial charge in [0.15, 0.2) is 6.61 Å². The molecule has 11 heteroatoms. The van der Waals surface area contributed by atoms with E-state index in [0.29, 0.717) is 16.5 Å². The fourth-order valence-corrected chi connectivity index (χ4v) is 4.41. The first kappa shape index (κ1) is 25.5. The largest absolute Gasteiger partial charge is 0.482 e. The molecule has 0 bridgehead atoms. The maximum atomic E-state index is 13.2. The molecule has 10 nitrogen and oxygen atoms in total. The van der Waals surface area contributed by atoms with Crippen LogP contribution >= 0.6 is 11.6 Å². The third kappa shape index (κ3) is 5.95. The van der Waals surface area contributed by atoms with Gasteiger partial charge in [-0.2, -0.15) is 0 Å². The Balaban J connectivity index is 1.61. The number of furan rings is 1. The highest BCUT2D eigenvalue weighted by atomic mass is 35.5. The Bertz CT molecular complexity index is 1270. The number of carboxylic acid groups (broad SMARTS) is 1. The zero-order valence-electron chi connectivity index (χ0n) is 19.9. The SMILES string of the molecule is CN(C)C1CCC(C(=O)Nc2c(C(=O)Nc3ccc(Cl)cn3)oc3cc(OCC(=O)O)ccc23)CC1. The molecule has 0 unspecified atom stereocenters. The van der Waals surface area contributed by atoms with E-state index in [2.05, 4.69) is 20.5 Å². The number of benzene rings is 1. The topological polar surface area (TPSA) is 134 Å². The molecule has 1 saturated carbocycles. The molecule has 0 atom stereocenters. The molecule has 1 aliphatic carbocycles. The van der Waals surface area contributed by atoms with Gasteiger partial charge in [-0.05, 0) is 64.0 Å². The maximum Gasteiger partial charge on any atom is 0.341 e. The van der Waals surface area contributed by atoms with Crippen LogP contribution in [0.5, 0.6) is 5.75 Å². The molecule has 36 heavy (non-hydrogen) atoms. The first-order valence-electron chi connectivity index (χ1n) is 11.5. The zero-order chi connectivity index (χ0) is 25.8. The summed E-state index contributed by atoms with van der Waals surface area (Å²) in [6.07, 6.45) is 4.71. The van der Waals surface area contributed by atoms with E-state index in [1.54, 1.807) is 24.3 Å². The van der Waals surface area contributed by atoms with Crippen LogP contribution in [0.3, 0.4) is 0 Å². The molecule has 4 rings (SSSR count). The van der Waals surface area contributed by atoms with Crippen molar-refractivity contribution in [2.75, 3.05) is 31.3 Å². The van der Waals surface area contributed by atoms with E-state index in [0.717, 1.165) is 25.7 Å². The van der Waals surface area contributed by atoms with E-state index in [-0.39, 0.29) is 40.4 Å². The Hall–Kier alpha value is -3.63. The minimum Gasteiger partial charge on any atom is -0.482 e. The van der Waals surface area contributed by atoms with Crippen molar-refractivity contribution in [2.24, 2.45) is 5.92 Å². The number of carboxylic acids is 1. The quantitative estimate of drug-likeness (QED) is 0.406. The molecule has 1 fully saturated rings. The molecule has 2 amide bonds. The van der Waals surface area contributed by atoms with Crippen LogP contribution in [0.1, 0.15) is 36.2 Å². The molecular formula is C25H27ClN4O6. The number of fused-ring (bicyclic) bond motifs is 1. The Morgan fingerprint density at radius 2 is 1.89 bits per heavy atom. The normalized spacial score (nSPS) is 17.7. The first-order valence-corrected chi connectivity index (χ1v) is 11.9. The predicted molar refractivity (Wildman–Crippen MR) is 135 cm³/mol. The summed E-state index contributed by atoms with van der Waals surface area (Å²) < 4.78 is 11.1. The third-order valence-corrected chi connectivity index (χ3v) is 6.47. The summed E-state index contributed by atoms with van der Waals surface area (Å²) in [5.74, 6) is -1.69. The number of carbonyl (C=O) groups excluding carboxylic acids is 2. The highest BCUT2D eigenvalue weighted by Crippen LogP contribution is 2.35. The van der Waals surface area contributed by atoms with Crippen molar-refractivity contribution in [2.45, 2.75) is 31.7 Å². The average Bonchev–Trinajstić information content (AvgIpc) is 3.21. The van der Waals surface area contributed by atoms with E-state index in [1.165, 1.54) is 12.3 Å². The van der Waals surface area contributed by atoms with Crippen LogP contribution in [-0.2, 0) is 9.59 Å². The second-order valence-electron chi connectivity index (χ2n) is 8.92. The van der Waals surface area contributed by atoms with E-state index in [1.807, 2.05) is 14.1 Å². The van der Waals surface area contributed by atoms with E-state index < -0.39 is 18.5 Å². The lowest BCUT2D eigenvalue weighted by Gasteiger charge is -2.31. The summed E-state index contributed by atoms with van der Waals surface area (Å²) in [6.45, 7) is -0.527. The molecule has 2 aromatic heterocycles. The van der Waals surface area contributed by atoms with Gasteiger partial charge >= 0.3 is 5.97 Å².